The monoisotopic (exact) mass is 443 g/mol. The fourth-order valence-corrected chi connectivity index (χ4v) is 4.99. The summed E-state index contributed by atoms with van der Waals surface area (Å²) in [7, 11) is -3.53. The van der Waals surface area contributed by atoms with Crippen molar-refractivity contribution in [1.82, 2.24) is 10.2 Å². The van der Waals surface area contributed by atoms with E-state index in [1.165, 1.54) is 22.7 Å². The zero-order valence-corrected chi connectivity index (χ0v) is 18.8. The number of carbonyl (C=O) groups is 1. The molecule has 2 aliphatic heterocycles. The minimum Gasteiger partial charge on any atom is -0.476 e. The summed E-state index contributed by atoms with van der Waals surface area (Å²) in [6.45, 7) is 5.49. The third-order valence-corrected chi connectivity index (χ3v) is 6.92. The van der Waals surface area contributed by atoms with Crippen molar-refractivity contribution in [2.75, 3.05) is 30.2 Å². The van der Waals surface area contributed by atoms with Crippen LogP contribution in [-0.2, 0) is 27.9 Å². The first-order chi connectivity index (χ1) is 14.8. The summed E-state index contributed by atoms with van der Waals surface area (Å²) in [5.41, 5.74) is 3.65. The fourth-order valence-electron chi connectivity index (χ4n) is 4.08. The van der Waals surface area contributed by atoms with Gasteiger partial charge < -0.3 is 10.1 Å². The van der Waals surface area contributed by atoms with Crippen LogP contribution in [0.5, 0.6) is 5.75 Å². The normalized spacial score (nSPS) is 19.0. The molecule has 0 radical (unpaired) electrons. The van der Waals surface area contributed by atoms with Gasteiger partial charge >= 0.3 is 0 Å². The van der Waals surface area contributed by atoms with Gasteiger partial charge in [0.1, 0.15) is 5.75 Å². The maximum absolute atomic E-state index is 12.8. The van der Waals surface area contributed by atoms with Crippen molar-refractivity contribution in [3.63, 3.8) is 0 Å². The topological polar surface area (TPSA) is 79.0 Å². The summed E-state index contributed by atoms with van der Waals surface area (Å²) < 4.78 is 31.6. The molecule has 4 rings (SSSR count). The molecule has 1 fully saturated rings. The Hall–Kier alpha value is -2.58. The highest BCUT2D eigenvalue weighted by molar-refractivity contribution is 7.92. The predicted octanol–water partition coefficient (Wildman–Crippen LogP) is 2.43. The Balaban J connectivity index is 1.39. The summed E-state index contributed by atoms with van der Waals surface area (Å²) in [5, 5.41) is 2.88. The number of nitrogens with zero attached hydrogens (tertiary/aromatic N) is 2. The number of amides is 1. The number of anilines is 1. The maximum atomic E-state index is 12.8. The van der Waals surface area contributed by atoms with Gasteiger partial charge in [-0.25, -0.2) is 8.42 Å². The van der Waals surface area contributed by atoms with E-state index >= 15 is 0 Å². The highest BCUT2D eigenvalue weighted by Gasteiger charge is 2.34. The van der Waals surface area contributed by atoms with Crippen LogP contribution in [0.2, 0.25) is 0 Å². The summed E-state index contributed by atoms with van der Waals surface area (Å²) in [6, 6.07) is 13.5. The van der Waals surface area contributed by atoms with Crippen molar-refractivity contribution >= 4 is 21.6 Å². The molecule has 2 aliphatic rings. The molecule has 2 aromatic carbocycles. The quantitative estimate of drug-likeness (QED) is 0.742. The number of aryl methyl sites for hydroxylation is 1. The molecule has 2 aromatic rings. The summed E-state index contributed by atoms with van der Waals surface area (Å²) in [4.78, 5) is 15.2. The lowest BCUT2D eigenvalue weighted by atomic mass is 10.1. The van der Waals surface area contributed by atoms with E-state index in [9.17, 15) is 13.2 Å². The van der Waals surface area contributed by atoms with Gasteiger partial charge in [-0.05, 0) is 61.7 Å². The highest BCUT2D eigenvalue weighted by atomic mass is 32.2. The van der Waals surface area contributed by atoms with Gasteiger partial charge in [0.2, 0.25) is 10.0 Å². The Morgan fingerprint density at radius 2 is 1.77 bits per heavy atom. The Morgan fingerprint density at radius 3 is 2.45 bits per heavy atom. The number of nitrogens with one attached hydrogen (secondary N) is 1. The third-order valence-electron chi connectivity index (χ3n) is 5.77. The van der Waals surface area contributed by atoms with Crippen molar-refractivity contribution in [2.45, 2.75) is 39.0 Å². The first-order valence-electron chi connectivity index (χ1n) is 10.6. The number of ether oxygens (including phenoxy) is 1. The number of likely N-dealkylation sites (tertiary alicyclic amines) is 1. The van der Waals surface area contributed by atoms with Crippen molar-refractivity contribution in [2.24, 2.45) is 0 Å². The molecule has 166 valence electrons. The van der Waals surface area contributed by atoms with Gasteiger partial charge in [-0.3, -0.25) is 14.0 Å². The van der Waals surface area contributed by atoms with Crippen LogP contribution in [0, 0.1) is 6.92 Å². The Kier molecular flexibility index (Phi) is 6.20. The van der Waals surface area contributed by atoms with Crippen molar-refractivity contribution in [3.05, 3.63) is 59.2 Å². The number of hydrogen-bond acceptors (Lipinski definition) is 5. The minimum absolute atomic E-state index is 0.0461. The maximum Gasteiger partial charge on any atom is 0.263 e. The Bertz CT molecular complexity index is 1050. The summed E-state index contributed by atoms with van der Waals surface area (Å²) in [5.74, 6) is 0.0741. The van der Waals surface area contributed by atoms with Gasteiger partial charge in [-0.1, -0.05) is 30.3 Å². The Morgan fingerprint density at radius 1 is 1.10 bits per heavy atom. The summed E-state index contributed by atoms with van der Waals surface area (Å²) in [6.07, 6.45) is 2.78. The molecule has 0 saturated carbocycles. The molecule has 2 heterocycles. The van der Waals surface area contributed by atoms with Crippen LogP contribution in [0.25, 0.3) is 0 Å². The average Bonchev–Trinajstić information content (AvgIpc) is 3.24. The number of carbonyl (C=O) groups excluding carboxylic acids is 1. The van der Waals surface area contributed by atoms with Crippen LogP contribution in [0.3, 0.4) is 0 Å². The molecule has 1 saturated heterocycles. The molecule has 0 aliphatic carbocycles. The SMILES string of the molecule is Cc1ccc2c(c1)O[C@H](C(=O)NCc1ccc(CN3CCCC3)cc1)CN2S(C)(=O)=O. The van der Waals surface area contributed by atoms with Crippen LogP contribution in [-0.4, -0.2) is 51.2 Å². The van der Waals surface area contributed by atoms with Gasteiger partial charge in [0.15, 0.2) is 6.10 Å². The molecular weight excluding hydrogens is 414 g/mol. The van der Waals surface area contributed by atoms with E-state index in [1.54, 1.807) is 12.1 Å². The predicted molar refractivity (Wildman–Crippen MR) is 121 cm³/mol. The van der Waals surface area contributed by atoms with Gasteiger partial charge in [-0.15, -0.1) is 0 Å². The number of sulfonamides is 1. The molecule has 8 heteroatoms. The second kappa shape index (κ2) is 8.88. The van der Waals surface area contributed by atoms with E-state index < -0.39 is 16.1 Å². The number of rotatable bonds is 6. The van der Waals surface area contributed by atoms with Gasteiger partial charge in [-0.2, -0.15) is 0 Å². The Labute approximate surface area is 184 Å². The van der Waals surface area contributed by atoms with Crippen LogP contribution in [0.4, 0.5) is 5.69 Å². The first kappa shape index (κ1) is 21.6. The van der Waals surface area contributed by atoms with Crippen LogP contribution >= 0.6 is 0 Å². The van der Waals surface area contributed by atoms with Gasteiger partial charge in [0.05, 0.1) is 18.5 Å². The molecule has 0 aromatic heterocycles. The van der Waals surface area contributed by atoms with Crippen molar-refractivity contribution in [3.8, 4) is 5.75 Å². The smallest absolute Gasteiger partial charge is 0.263 e. The third kappa shape index (κ3) is 5.19. The van der Waals surface area contributed by atoms with Crippen LogP contribution in [0.15, 0.2) is 42.5 Å². The molecule has 7 nitrogen and oxygen atoms in total. The van der Waals surface area contributed by atoms with Gasteiger partial charge in [0, 0.05) is 13.1 Å². The molecule has 31 heavy (non-hydrogen) atoms. The van der Waals surface area contributed by atoms with E-state index in [-0.39, 0.29) is 12.5 Å². The highest BCUT2D eigenvalue weighted by Crippen LogP contribution is 2.35. The molecule has 0 bridgehead atoms. The molecule has 0 spiro atoms. The molecule has 1 amide bonds. The molecular formula is C23H29N3O4S. The van der Waals surface area contributed by atoms with Crippen LogP contribution in [0.1, 0.15) is 29.5 Å². The molecule has 0 unspecified atom stereocenters. The van der Waals surface area contributed by atoms with Crippen molar-refractivity contribution < 1.29 is 17.9 Å². The number of hydrogen-bond donors (Lipinski definition) is 1. The second-order valence-corrected chi connectivity index (χ2v) is 10.3. The van der Waals surface area contributed by atoms with E-state index in [4.69, 9.17) is 4.74 Å². The first-order valence-corrected chi connectivity index (χ1v) is 12.5. The average molecular weight is 444 g/mol. The largest absolute Gasteiger partial charge is 0.476 e. The van der Waals surface area contributed by atoms with E-state index in [0.29, 0.717) is 18.0 Å². The second-order valence-electron chi connectivity index (χ2n) is 8.39. The lowest BCUT2D eigenvalue weighted by Crippen LogP contribution is -2.50. The standard InChI is InChI=1S/C23H29N3O4S/c1-17-5-10-20-21(13-17)30-22(16-26(20)31(2,28)29)23(27)24-14-18-6-8-19(9-7-18)15-25-11-3-4-12-25/h5-10,13,22H,3-4,11-12,14-16H2,1-2H3,(H,24,27)/t22-/m0/s1. The van der Waals surface area contributed by atoms with E-state index in [1.807, 2.05) is 25.1 Å². The minimum atomic E-state index is -3.53. The van der Waals surface area contributed by atoms with E-state index in [2.05, 4.69) is 22.3 Å². The number of fused-ring (bicyclic) bond motifs is 1. The lowest BCUT2D eigenvalue weighted by Gasteiger charge is -2.34. The van der Waals surface area contributed by atoms with Crippen LogP contribution < -0.4 is 14.4 Å². The fraction of sp³-hybridized carbons (Fsp3) is 0.435. The molecule has 1 atom stereocenters. The zero-order valence-electron chi connectivity index (χ0n) is 18.0. The number of benzene rings is 2. The van der Waals surface area contributed by atoms with E-state index in [0.717, 1.165) is 37.0 Å². The van der Waals surface area contributed by atoms with Crippen molar-refractivity contribution in [1.29, 1.82) is 0 Å². The van der Waals surface area contributed by atoms with Gasteiger partial charge in [0.25, 0.3) is 5.91 Å². The zero-order chi connectivity index (χ0) is 22.0. The lowest BCUT2D eigenvalue weighted by molar-refractivity contribution is -0.127. The summed E-state index contributed by atoms with van der Waals surface area (Å²) >= 11 is 0. The molecule has 1 N–H and O–H groups in total.